The number of nitrogens with one attached hydrogen (secondary N) is 1. The number of rotatable bonds is 5. The molecule has 1 heterocycles. The summed E-state index contributed by atoms with van der Waals surface area (Å²) >= 11 is 0. The van der Waals surface area contributed by atoms with Gasteiger partial charge in [0, 0.05) is 31.5 Å². The lowest BCUT2D eigenvalue weighted by molar-refractivity contribution is 0.138. The van der Waals surface area contributed by atoms with E-state index in [-0.39, 0.29) is 11.0 Å². The molecule has 3 rings (SSSR count). The third-order valence-electron chi connectivity index (χ3n) is 4.25. The number of fused-ring (bicyclic) bond motifs is 1. The molecule has 1 aliphatic heterocycles. The van der Waals surface area contributed by atoms with Crippen molar-refractivity contribution in [2.45, 2.75) is 45.3 Å². The van der Waals surface area contributed by atoms with Crippen LogP contribution in [0.25, 0.3) is 0 Å². The van der Waals surface area contributed by atoms with E-state index in [1.54, 1.807) is 0 Å². The summed E-state index contributed by atoms with van der Waals surface area (Å²) in [7, 11) is 0. The summed E-state index contributed by atoms with van der Waals surface area (Å²) in [5.74, 6) is 1.03. The van der Waals surface area contributed by atoms with E-state index in [1.165, 1.54) is 11.1 Å². The van der Waals surface area contributed by atoms with Gasteiger partial charge >= 0.3 is 0 Å². The zero-order valence-electron chi connectivity index (χ0n) is 11.8. The van der Waals surface area contributed by atoms with Crippen molar-refractivity contribution in [1.29, 1.82) is 0 Å². The van der Waals surface area contributed by atoms with Gasteiger partial charge in [0.1, 0.15) is 11.4 Å². The zero-order chi connectivity index (χ0) is 13.5. The Balaban J connectivity index is 1.58. The average Bonchev–Trinajstić information content (AvgIpc) is 3.05. The van der Waals surface area contributed by atoms with Crippen molar-refractivity contribution in [2.75, 3.05) is 13.2 Å². The standard InChI is InChI=1S/C16H23NO2/c1-15(2)8-13-7-12(3-4-14(13)19-15)9-17-10-16(11-18)5-6-16/h3-4,7,17-18H,5-6,8-11H2,1-2H3. The third-order valence-corrected chi connectivity index (χ3v) is 4.25. The van der Waals surface area contributed by atoms with E-state index in [1.807, 2.05) is 0 Å². The number of ether oxygens (including phenoxy) is 1. The van der Waals surface area contributed by atoms with E-state index < -0.39 is 0 Å². The second kappa shape index (κ2) is 4.50. The molecule has 2 N–H and O–H groups in total. The molecule has 1 fully saturated rings. The molecule has 3 heteroatoms. The first-order chi connectivity index (χ1) is 9.02. The molecular formula is C16H23NO2. The molecule has 0 saturated heterocycles. The first-order valence-corrected chi connectivity index (χ1v) is 7.14. The maximum atomic E-state index is 9.28. The topological polar surface area (TPSA) is 41.5 Å². The van der Waals surface area contributed by atoms with E-state index in [0.29, 0.717) is 6.61 Å². The minimum atomic E-state index is -0.0661. The largest absolute Gasteiger partial charge is 0.487 e. The SMILES string of the molecule is CC1(C)Cc2cc(CNCC3(CO)CC3)ccc2O1. The van der Waals surface area contributed by atoms with Gasteiger partial charge in [-0.3, -0.25) is 0 Å². The van der Waals surface area contributed by atoms with Crippen molar-refractivity contribution in [3.05, 3.63) is 29.3 Å². The second-order valence-electron chi connectivity index (χ2n) is 6.74. The molecule has 1 saturated carbocycles. The van der Waals surface area contributed by atoms with E-state index in [4.69, 9.17) is 4.74 Å². The number of benzene rings is 1. The van der Waals surface area contributed by atoms with Gasteiger partial charge in [-0.2, -0.15) is 0 Å². The highest BCUT2D eigenvalue weighted by Gasteiger charge is 2.41. The molecule has 1 aromatic rings. The highest BCUT2D eigenvalue weighted by Crippen LogP contribution is 2.44. The highest BCUT2D eigenvalue weighted by atomic mass is 16.5. The first-order valence-electron chi connectivity index (χ1n) is 7.14. The summed E-state index contributed by atoms with van der Waals surface area (Å²) in [5.41, 5.74) is 2.73. The van der Waals surface area contributed by atoms with E-state index in [0.717, 1.165) is 38.1 Å². The van der Waals surface area contributed by atoms with Gasteiger partial charge in [0.05, 0.1) is 0 Å². The van der Waals surface area contributed by atoms with Crippen LogP contribution in [0.15, 0.2) is 18.2 Å². The van der Waals surface area contributed by atoms with Crippen molar-refractivity contribution in [2.24, 2.45) is 5.41 Å². The molecule has 0 spiro atoms. The molecule has 0 radical (unpaired) electrons. The molecule has 2 aliphatic rings. The van der Waals surface area contributed by atoms with Crippen LogP contribution in [0.5, 0.6) is 5.75 Å². The van der Waals surface area contributed by atoms with Crippen LogP contribution < -0.4 is 10.1 Å². The van der Waals surface area contributed by atoms with Gasteiger partial charge in [-0.1, -0.05) is 12.1 Å². The van der Waals surface area contributed by atoms with Gasteiger partial charge in [0.2, 0.25) is 0 Å². The van der Waals surface area contributed by atoms with Gasteiger partial charge < -0.3 is 15.2 Å². The fourth-order valence-electron chi connectivity index (χ4n) is 2.81. The molecule has 0 amide bonds. The minimum absolute atomic E-state index is 0.0661. The van der Waals surface area contributed by atoms with Crippen molar-refractivity contribution >= 4 is 0 Å². The Morgan fingerprint density at radius 2 is 2.11 bits per heavy atom. The van der Waals surface area contributed by atoms with Crippen molar-refractivity contribution in [3.8, 4) is 5.75 Å². The van der Waals surface area contributed by atoms with Gasteiger partial charge in [-0.25, -0.2) is 0 Å². The summed E-state index contributed by atoms with van der Waals surface area (Å²) < 4.78 is 5.88. The third kappa shape index (κ3) is 2.77. The highest BCUT2D eigenvalue weighted by molar-refractivity contribution is 5.41. The van der Waals surface area contributed by atoms with Crippen molar-refractivity contribution < 1.29 is 9.84 Å². The Hall–Kier alpha value is -1.06. The monoisotopic (exact) mass is 261 g/mol. The summed E-state index contributed by atoms with van der Waals surface area (Å²) in [6, 6.07) is 6.46. The molecule has 0 aromatic heterocycles. The Kier molecular flexibility index (Phi) is 3.06. The molecule has 0 bridgehead atoms. The molecule has 0 unspecified atom stereocenters. The zero-order valence-corrected chi connectivity index (χ0v) is 11.8. The van der Waals surface area contributed by atoms with Crippen LogP contribution in [0, 0.1) is 5.41 Å². The summed E-state index contributed by atoms with van der Waals surface area (Å²) in [4.78, 5) is 0. The smallest absolute Gasteiger partial charge is 0.123 e. The second-order valence-corrected chi connectivity index (χ2v) is 6.74. The maximum absolute atomic E-state index is 9.28. The normalized spacial score (nSPS) is 21.8. The van der Waals surface area contributed by atoms with Crippen LogP contribution in [0.3, 0.4) is 0 Å². The molecule has 19 heavy (non-hydrogen) atoms. The maximum Gasteiger partial charge on any atom is 0.123 e. The molecule has 0 atom stereocenters. The van der Waals surface area contributed by atoms with Crippen molar-refractivity contribution in [1.82, 2.24) is 5.32 Å². The Bertz CT molecular complexity index is 478. The van der Waals surface area contributed by atoms with Gasteiger partial charge in [-0.05, 0) is 43.9 Å². The first kappa shape index (κ1) is 12.9. The van der Waals surface area contributed by atoms with E-state index in [2.05, 4.69) is 37.4 Å². The number of aliphatic hydroxyl groups is 1. The van der Waals surface area contributed by atoms with Crippen LogP contribution in [0.1, 0.15) is 37.8 Å². The van der Waals surface area contributed by atoms with Crippen LogP contribution >= 0.6 is 0 Å². The summed E-state index contributed by atoms with van der Waals surface area (Å²) in [6.45, 7) is 6.36. The predicted molar refractivity (Wildman–Crippen MR) is 75.3 cm³/mol. The van der Waals surface area contributed by atoms with Crippen molar-refractivity contribution in [3.63, 3.8) is 0 Å². The molecule has 3 nitrogen and oxygen atoms in total. The number of hydrogen-bond donors (Lipinski definition) is 2. The molecule has 104 valence electrons. The molecular weight excluding hydrogens is 238 g/mol. The summed E-state index contributed by atoms with van der Waals surface area (Å²) in [6.07, 6.45) is 3.29. The lowest BCUT2D eigenvalue weighted by atomic mass is 10.00. The quantitative estimate of drug-likeness (QED) is 0.854. The fourth-order valence-corrected chi connectivity index (χ4v) is 2.81. The predicted octanol–water partition coefficient (Wildman–Crippen LogP) is 2.26. The van der Waals surface area contributed by atoms with Crippen LogP contribution in [0.2, 0.25) is 0 Å². The van der Waals surface area contributed by atoms with Gasteiger partial charge in [0.25, 0.3) is 0 Å². The van der Waals surface area contributed by atoms with Crippen LogP contribution in [0.4, 0.5) is 0 Å². The lowest BCUT2D eigenvalue weighted by Crippen LogP contribution is -2.26. The van der Waals surface area contributed by atoms with Crippen LogP contribution in [-0.4, -0.2) is 23.9 Å². The van der Waals surface area contributed by atoms with Crippen LogP contribution in [-0.2, 0) is 13.0 Å². The van der Waals surface area contributed by atoms with E-state index in [9.17, 15) is 5.11 Å². The Labute approximate surface area is 115 Å². The fraction of sp³-hybridized carbons (Fsp3) is 0.625. The molecule has 1 aliphatic carbocycles. The minimum Gasteiger partial charge on any atom is -0.487 e. The van der Waals surface area contributed by atoms with Gasteiger partial charge in [-0.15, -0.1) is 0 Å². The van der Waals surface area contributed by atoms with Gasteiger partial charge in [0.15, 0.2) is 0 Å². The Morgan fingerprint density at radius 3 is 2.79 bits per heavy atom. The summed E-state index contributed by atoms with van der Waals surface area (Å²) in [5, 5.41) is 12.7. The Morgan fingerprint density at radius 1 is 1.32 bits per heavy atom. The number of hydrogen-bond acceptors (Lipinski definition) is 3. The average molecular weight is 261 g/mol. The molecule has 1 aromatic carbocycles. The number of aliphatic hydroxyl groups excluding tert-OH is 1. The van der Waals surface area contributed by atoms with E-state index >= 15 is 0 Å². The lowest BCUT2D eigenvalue weighted by Gasteiger charge is -2.16.